The summed E-state index contributed by atoms with van der Waals surface area (Å²) in [5.74, 6) is -1.62. The van der Waals surface area contributed by atoms with E-state index >= 15 is 0 Å². The predicted octanol–water partition coefficient (Wildman–Crippen LogP) is 2.82. The van der Waals surface area contributed by atoms with Gasteiger partial charge in [0.05, 0.1) is 12.3 Å². The van der Waals surface area contributed by atoms with Gasteiger partial charge in [0.25, 0.3) is 0 Å². The van der Waals surface area contributed by atoms with E-state index in [4.69, 9.17) is 0 Å². The third-order valence-corrected chi connectivity index (χ3v) is 6.59. The average Bonchev–Trinajstić information content (AvgIpc) is 3.04. The number of nitrogens with zero attached hydrogens (tertiary/aromatic N) is 3. The summed E-state index contributed by atoms with van der Waals surface area (Å²) in [4.78, 5) is 28.1. The highest BCUT2D eigenvalue weighted by atomic mass is 16.4. The number of hydrogen-bond donors (Lipinski definition) is 1. The number of hydrogen-bond acceptors (Lipinski definition) is 3. The van der Waals surface area contributed by atoms with Crippen molar-refractivity contribution in [1.29, 1.82) is 0 Å². The molecule has 28 heavy (non-hydrogen) atoms. The van der Waals surface area contributed by atoms with E-state index in [0.29, 0.717) is 18.6 Å². The van der Waals surface area contributed by atoms with Gasteiger partial charge in [0.2, 0.25) is 5.91 Å². The Morgan fingerprint density at radius 3 is 2.71 bits per heavy atom. The maximum absolute atomic E-state index is 12.7. The molecule has 6 heteroatoms. The number of amides is 1. The van der Waals surface area contributed by atoms with Crippen LogP contribution >= 0.6 is 0 Å². The van der Waals surface area contributed by atoms with Crippen LogP contribution in [-0.2, 0) is 22.6 Å². The Bertz CT molecular complexity index is 946. The molecule has 1 fully saturated rings. The summed E-state index contributed by atoms with van der Waals surface area (Å²) in [6, 6.07) is 7.43. The van der Waals surface area contributed by atoms with Crippen molar-refractivity contribution in [3.8, 4) is 0 Å². The van der Waals surface area contributed by atoms with Crippen LogP contribution in [0, 0.1) is 12.8 Å². The van der Waals surface area contributed by atoms with Gasteiger partial charge in [-0.15, -0.1) is 0 Å². The number of aryl methyl sites for hydroxylation is 1. The standard InChI is InChI=1S/C22H29N3O3/c1-13-5-7-17-16(9-13)21-18-8-6-15(24(18)4)11-19(21)25(17)12-14(10-20(26)27)22(28)23(2)3/h5,7,9,14-15,18H,6,8,10-12H2,1-4H3,(H,26,27). The molecule has 2 bridgehead atoms. The number of aliphatic carboxylic acids is 1. The third kappa shape index (κ3) is 3.00. The van der Waals surface area contributed by atoms with E-state index in [1.54, 1.807) is 14.1 Å². The minimum absolute atomic E-state index is 0.124. The Balaban J connectivity index is 1.84. The Morgan fingerprint density at radius 2 is 2.04 bits per heavy atom. The van der Waals surface area contributed by atoms with Crippen LogP contribution in [0.15, 0.2) is 18.2 Å². The molecule has 1 saturated heterocycles. The first kappa shape index (κ1) is 19.0. The van der Waals surface area contributed by atoms with Crippen molar-refractivity contribution in [2.45, 2.75) is 51.2 Å². The number of carboxylic acids is 1. The highest BCUT2D eigenvalue weighted by Gasteiger charge is 2.41. The molecule has 4 rings (SSSR count). The van der Waals surface area contributed by atoms with Gasteiger partial charge in [-0.3, -0.25) is 14.5 Å². The van der Waals surface area contributed by atoms with Gasteiger partial charge in [-0.2, -0.15) is 0 Å². The molecule has 1 aromatic heterocycles. The summed E-state index contributed by atoms with van der Waals surface area (Å²) in [6.07, 6.45) is 3.17. The molecular formula is C22H29N3O3. The number of benzene rings is 1. The van der Waals surface area contributed by atoms with Crippen LogP contribution < -0.4 is 0 Å². The molecule has 2 aromatic rings. The van der Waals surface area contributed by atoms with Crippen molar-refractivity contribution < 1.29 is 14.7 Å². The summed E-state index contributed by atoms with van der Waals surface area (Å²) in [6.45, 7) is 2.53. The molecule has 1 aromatic carbocycles. The van der Waals surface area contributed by atoms with Crippen LogP contribution in [0.2, 0.25) is 0 Å². The number of carbonyl (C=O) groups excluding carboxylic acids is 1. The van der Waals surface area contributed by atoms with E-state index in [1.165, 1.54) is 33.5 Å². The van der Waals surface area contributed by atoms with E-state index < -0.39 is 11.9 Å². The number of fused-ring (bicyclic) bond motifs is 6. The molecule has 150 valence electrons. The lowest BCUT2D eigenvalue weighted by Gasteiger charge is -2.33. The Morgan fingerprint density at radius 1 is 1.29 bits per heavy atom. The number of likely N-dealkylation sites (N-methyl/N-ethyl adjacent to an activating group) is 1. The zero-order valence-corrected chi connectivity index (χ0v) is 17.1. The van der Waals surface area contributed by atoms with Crippen molar-refractivity contribution in [3.05, 3.63) is 35.0 Å². The first-order valence-electron chi connectivity index (χ1n) is 10.0. The second-order valence-corrected chi connectivity index (χ2v) is 8.64. The summed E-state index contributed by atoms with van der Waals surface area (Å²) in [5.41, 5.74) is 5.04. The predicted molar refractivity (Wildman–Crippen MR) is 108 cm³/mol. The maximum atomic E-state index is 12.7. The van der Waals surface area contributed by atoms with Crippen LogP contribution in [0.4, 0.5) is 0 Å². The molecule has 2 aliphatic heterocycles. The van der Waals surface area contributed by atoms with Crippen molar-refractivity contribution in [3.63, 3.8) is 0 Å². The molecule has 0 aliphatic carbocycles. The number of rotatable bonds is 5. The van der Waals surface area contributed by atoms with E-state index in [1.807, 2.05) is 0 Å². The van der Waals surface area contributed by atoms with Gasteiger partial charge < -0.3 is 14.6 Å². The van der Waals surface area contributed by atoms with Crippen molar-refractivity contribution in [1.82, 2.24) is 14.4 Å². The average molecular weight is 383 g/mol. The maximum Gasteiger partial charge on any atom is 0.304 e. The number of carbonyl (C=O) groups is 2. The van der Waals surface area contributed by atoms with Crippen LogP contribution in [0.3, 0.4) is 0 Å². The van der Waals surface area contributed by atoms with Gasteiger partial charge in [-0.1, -0.05) is 11.6 Å². The van der Waals surface area contributed by atoms with Gasteiger partial charge in [0, 0.05) is 55.7 Å². The van der Waals surface area contributed by atoms with Crippen molar-refractivity contribution >= 4 is 22.8 Å². The summed E-state index contributed by atoms with van der Waals surface area (Å²) in [7, 11) is 5.60. The second kappa shape index (κ2) is 6.92. The molecule has 6 nitrogen and oxygen atoms in total. The minimum atomic E-state index is -0.929. The van der Waals surface area contributed by atoms with Crippen LogP contribution in [-0.4, -0.2) is 58.5 Å². The lowest BCUT2D eigenvalue weighted by Crippen LogP contribution is -2.36. The van der Waals surface area contributed by atoms with Gasteiger partial charge in [0.15, 0.2) is 0 Å². The normalized spacial score (nSPS) is 22.3. The van der Waals surface area contributed by atoms with E-state index in [9.17, 15) is 14.7 Å². The van der Waals surface area contributed by atoms with Crippen LogP contribution in [0.1, 0.15) is 42.1 Å². The topological polar surface area (TPSA) is 65.8 Å². The van der Waals surface area contributed by atoms with E-state index in [0.717, 1.165) is 18.4 Å². The molecule has 0 saturated carbocycles. The highest BCUT2D eigenvalue weighted by molar-refractivity contribution is 5.88. The summed E-state index contributed by atoms with van der Waals surface area (Å²) in [5, 5.41) is 10.6. The zero-order chi connectivity index (χ0) is 20.2. The molecule has 0 radical (unpaired) electrons. The van der Waals surface area contributed by atoms with E-state index in [2.05, 4.69) is 41.6 Å². The van der Waals surface area contributed by atoms with Crippen LogP contribution in [0.25, 0.3) is 10.9 Å². The smallest absolute Gasteiger partial charge is 0.304 e. The highest BCUT2D eigenvalue weighted by Crippen LogP contribution is 2.47. The third-order valence-electron chi connectivity index (χ3n) is 6.59. The molecular weight excluding hydrogens is 354 g/mol. The van der Waals surface area contributed by atoms with Gasteiger partial charge in [-0.25, -0.2) is 0 Å². The van der Waals surface area contributed by atoms with Crippen LogP contribution in [0.5, 0.6) is 0 Å². The van der Waals surface area contributed by atoms with Gasteiger partial charge in [0.1, 0.15) is 0 Å². The molecule has 3 unspecified atom stereocenters. The minimum Gasteiger partial charge on any atom is -0.481 e. The fraction of sp³-hybridized carbons (Fsp3) is 0.545. The number of carboxylic acid groups (broad SMARTS) is 1. The molecule has 1 amide bonds. The SMILES string of the molecule is Cc1ccc2c(c1)c1c(n2CC(CC(=O)O)C(=O)N(C)C)CC2CCC1N2C. The Hall–Kier alpha value is -2.34. The fourth-order valence-electron chi connectivity index (χ4n) is 5.20. The molecule has 3 heterocycles. The quantitative estimate of drug-likeness (QED) is 0.862. The Kier molecular flexibility index (Phi) is 4.70. The lowest BCUT2D eigenvalue weighted by atomic mass is 9.96. The monoisotopic (exact) mass is 383 g/mol. The Labute approximate surface area is 165 Å². The van der Waals surface area contributed by atoms with E-state index in [-0.39, 0.29) is 12.3 Å². The molecule has 3 atom stereocenters. The van der Waals surface area contributed by atoms with Gasteiger partial charge in [-0.05, 0) is 44.5 Å². The first-order chi connectivity index (χ1) is 13.3. The first-order valence-corrected chi connectivity index (χ1v) is 10.0. The molecule has 2 aliphatic rings. The summed E-state index contributed by atoms with van der Waals surface area (Å²) < 4.78 is 2.25. The fourth-order valence-corrected chi connectivity index (χ4v) is 5.20. The number of aromatic nitrogens is 1. The zero-order valence-electron chi connectivity index (χ0n) is 17.1. The van der Waals surface area contributed by atoms with Crippen molar-refractivity contribution in [2.24, 2.45) is 5.92 Å². The summed E-state index contributed by atoms with van der Waals surface area (Å²) >= 11 is 0. The largest absolute Gasteiger partial charge is 0.481 e. The lowest BCUT2D eigenvalue weighted by molar-refractivity contribution is -0.143. The van der Waals surface area contributed by atoms with Crippen molar-refractivity contribution in [2.75, 3.05) is 21.1 Å². The second-order valence-electron chi connectivity index (χ2n) is 8.64. The molecule has 0 spiro atoms. The molecule has 1 N–H and O–H groups in total. The van der Waals surface area contributed by atoms with Gasteiger partial charge >= 0.3 is 5.97 Å².